The number of fused-ring (bicyclic) bond motifs is 1. The molecule has 122 valence electrons. The average Bonchev–Trinajstić information content (AvgIpc) is 2.62. The zero-order valence-electron chi connectivity index (χ0n) is 14.3. The minimum Gasteiger partial charge on any atom is -0.309 e. The van der Waals surface area contributed by atoms with E-state index in [4.69, 9.17) is 0 Å². The summed E-state index contributed by atoms with van der Waals surface area (Å²) in [6.45, 7) is 1.19. The average molecular weight is 419 g/mol. The maximum atomic E-state index is 2.37. The van der Waals surface area contributed by atoms with Crippen molar-refractivity contribution >= 4 is 22.6 Å². The summed E-state index contributed by atoms with van der Waals surface area (Å²) >= 11 is 2.15. The zero-order chi connectivity index (χ0) is 16.4. The molecular weight excluding hydrogens is 393 g/mol. The van der Waals surface area contributed by atoms with E-state index in [1.807, 2.05) is 4.93 Å². The minimum atomic E-state index is 0.613. The predicted molar refractivity (Wildman–Crippen MR) is 108 cm³/mol. The maximum absolute atomic E-state index is 2.37. The Hall–Kier alpha value is -0.870. The Labute approximate surface area is 154 Å². The first-order chi connectivity index (χ1) is 11.3. The van der Waals surface area contributed by atoms with Gasteiger partial charge in [0.2, 0.25) is 0 Å². The largest absolute Gasteiger partial charge is 0.309 e. The molecule has 0 fully saturated rings. The quantitative estimate of drug-likeness (QED) is 0.483. The monoisotopic (exact) mass is 419 g/mol. The van der Waals surface area contributed by atoms with Gasteiger partial charge in [-0.25, -0.2) is 0 Å². The molecule has 1 atom stereocenters. The Morgan fingerprint density at radius 2 is 1.35 bits per heavy atom. The molecule has 2 aromatic rings. The van der Waals surface area contributed by atoms with Crippen LogP contribution in [0.15, 0.2) is 48.5 Å². The third-order valence-electron chi connectivity index (χ3n) is 5.37. The lowest BCUT2D eigenvalue weighted by molar-refractivity contribution is 0.287. The highest BCUT2D eigenvalue weighted by Gasteiger charge is 2.42. The fourth-order valence-corrected chi connectivity index (χ4v) is 4.47. The molecule has 1 unspecified atom stereocenters. The van der Waals surface area contributed by atoms with Crippen LogP contribution in [-0.4, -0.2) is 30.5 Å². The van der Waals surface area contributed by atoms with E-state index < -0.39 is 0 Å². The number of hydrogen-bond acceptors (Lipinski definition) is 1. The molecule has 0 saturated heterocycles. The van der Waals surface area contributed by atoms with Crippen LogP contribution in [0.5, 0.6) is 0 Å². The van der Waals surface area contributed by atoms with Gasteiger partial charge in [0.25, 0.3) is 0 Å². The number of nitrogens with zero attached hydrogens (tertiary/aromatic N) is 1. The molecule has 0 aliphatic heterocycles. The topological polar surface area (TPSA) is 3.24 Å². The number of alkyl halides is 1. The predicted octanol–water partition coefficient (Wildman–Crippen LogP) is 5.29. The molecule has 3 aliphatic rings. The van der Waals surface area contributed by atoms with E-state index in [0.29, 0.717) is 11.8 Å². The maximum Gasteiger partial charge on any atom is 0.0124 e. The fraction of sp³-hybridized carbons (Fsp3) is 0.429. The van der Waals surface area contributed by atoms with Gasteiger partial charge in [-0.15, -0.1) is 0 Å². The molecule has 0 N–H and O–H groups in total. The van der Waals surface area contributed by atoms with E-state index in [-0.39, 0.29) is 0 Å². The molecule has 0 saturated carbocycles. The van der Waals surface area contributed by atoms with Gasteiger partial charge in [-0.05, 0) is 66.6 Å². The van der Waals surface area contributed by atoms with Gasteiger partial charge in [-0.2, -0.15) is 0 Å². The highest BCUT2D eigenvalue weighted by atomic mass is 127. The Morgan fingerprint density at radius 3 is 1.83 bits per heavy atom. The van der Waals surface area contributed by atoms with Crippen molar-refractivity contribution in [1.29, 1.82) is 0 Å². The first-order valence-corrected chi connectivity index (χ1v) is 10.6. The van der Waals surface area contributed by atoms with Crippen molar-refractivity contribution < 1.29 is 0 Å². The first-order valence-electron chi connectivity index (χ1n) is 8.46. The summed E-state index contributed by atoms with van der Waals surface area (Å²) in [6, 6.07) is 18.3. The molecule has 0 spiro atoms. The highest BCUT2D eigenvalue weighted by Crippen LogP contribution is 2.56. The molecule has 1 nitrogen and oxygen atoms in total. The molecule has 3 aliphatic carbocycles. The van der Waals surface area contributed by atoms with Crippen LogP contribution in [0.1, 0.15) is 46.9 Å². The van der Waals surface area contributed by atoms with Crippen LogP contribution in [0, 0.1) is 5.92 Å². The number of hydrogen-bond donors (Lipinski definition) is 0. The summed E-state index contributed by atoms with van der Waals surface area (Å²) in [6.07, 6.45) is 2.63. The Kier molecular flexibility index (Phi) is 5.42. The molecular formula is C21H26IN. The second-order valence-electron chi connectivity index (χ2n) is 6.88. The Bertz CT molecular complexity index is 617. The van der Waals surface area contributed by atoms with Gasteiger partial charge in [0.15, 0.2) is 0 Å². The van der Waals surface area contributed by atoms with E-state index in [1.165, 1.54) is 19.4 Å². The van der Waals surface area contributed by atoms with E-state index in [0.717, 1.165) is 5.92 Å². The molecule has 5 rings (SSSR count). The van der Waals surface area contributed by atoms with Crippen molar-refractivity contribution in [3.8, 4) is 0 Å². The highest BCUT2D eigenvalue weighted by molar-refractivity contribution is 14.1. The minimum absolute atomic E-state index is 0.613. The molecule has 0 amide bonds. The lowest BCUT2D eigenvalue weighted by Gasteiger charge is -2.46. The summed E-state index contributed by atoms with van der Waals surface area (Å²) in [5.74, 6) is 2.03. The Morgan fingerprint density at radius 1 is 0.870 bits per heavy atom. The third kappa shape index (κ3) is 3.08. The van der Waals surface area contributed by atoms with Crippen molar-refractivity contribution in [3.63, 3.8) is 0 Å². The van der Waals surface area contributed by atoms with Gasteiger partial charge >= 0.3 is 0 Å². The van der Waals surface area contributed by atoms with Gasteiger partial charge < -0.3 is 4.90 Å². The van der Waals surface area contributed by atoms with Crippen LogP contribution >= 0.6 is 22.6 Å². The summed E-state index contributed by atoms with van der Waals surface area (Å²) in [5.41, 5.74) is 6.36. The van der Waals surface area contributed by atoms with Crippen LogP contribution in [0.4, 0.5) is 0 Å². The standard InChI is InChI=1S/C20H23N.CH3I/c1-21(2)12-11-14-13-19-15-7-3-5-9-17(15)20(14)18-10-6-4-8-16(18)19;1-2/h3-10,14,19-20H,11-13H2,1-2H3;1H3. The summed E-state index contributed by atoms with van der Waals surface area (Å²) in [5, 5.41) is 0. The van der Waals surface area contributed by atoms with Crippen molar-refractivity contribution in [2.75, 3.05) is 25.6 Å². The second kappa shape index (κ2) is 7.35. The van der Waals surface area contributed by atoms with Gasteiger partial charge in [0.05, 0.1) is 0 Å². The second-order valence-corrected chi connectivity index (χ2v) is 6.88. The van der Waals surface area contributed by atoms with Crippen molar-refractivity contribution in [3.05, 3.63) is 70.8 Å². The summed E-state index contributed by atoms with van der Waals surface area (Å²) in [4.78, 5) is 4.29. The van der Waals surface area contributed by atoms with Crippen molar-refractivity contribution in [2.45, 2.75) is 24.7 Å². The van der Waals surface area contributed by atoms with Gasteiger partial charge in [0, 0.05) is 11.8 Å². The third-order valence-corrected chi connectivity index (χ3v) is 5.37. The normalized spacial score (nSPS) is 23.8. The molecule has 0 radical (unpaired) electrons. The van der Waals surface area contributed by atoms with Crippen LogP contribution < -0.4 is 0 Å². The molecule has 23 heavy (non-hydrogen) atoms. The number of rotatable bonds is 3. The number of benzene rings is 2. The zero-order valence-corrected chi connectivity index (χ0v) is 16.5. The smallest absolute Gasteiger partial charge is 0.0124 e. The van der Waals surface area contributed by atoms with E-state index >= 15 is 0 Å². The van der Waals surface area contributed by atoms with E-state index in [1.54, 1.807) is 22.3 Å². The van der Waals surface area contributed by atoms with Crippen molar-refractivity contribution in [2.24, 2.45) is 5.92 Å². The Balaban J connectivity index is 0.000000753. The molecule has 2 aromatic carbocycles. The number of halogens is 1. The lowest BCUT2D eigenvalue weighted by atomic mass is 9.58. The van der Waals surface area contributed by atoms with Gasteiger partial charge in [0.1, 0.15) is 0 Å². The first kappa shape index (κ1) is 17.0. The SMILES string of the molecule is CI.CN(C)CCC1CC2c3ccccc3C1c1ccccc12. The van der Waals surface area contributed by atoms with Gasteiger partial charge in [-0.1, -0.05) is 71.1 Å². The van der Waals surface area contributed by atoms with Crippen LogP contribution in [0.25, 0.3) is 0 Å². The van der Waals surface area contributed by atoms with Crippen LogP contribution in [0.3, 0.4) is 0 Å². The lowest BCUT2D eigenvalue weighted by Crippen LogP contribution is -2.33. The van der Waals surface area contributed by atoms with E-state index in [9.17, 15) is 0 Å². The fourth-order valence-electron chi connectivity index (χ4n) is 4.47. The van der Waals surface area contributed by atoms with Crippen LogP contribution in [-0.2, 0) is 0 Å². The van der Waals surface area contributed by atoms with E-state index in [2.05, 4.69) is 90.1 Å². The summed E-state index contributed by atoms with van der Waals surface area (Å²) < 4.78 is 0. The van der Waals surface area contributed by atoms with Gasteiger partial charge in [-0.3, -0.25) is 0 Å². The molecule has 0 aromatic heterocycles. The summed E-state index contributed by atoms with van der Waals surface area (Å²) in [7, 11) is 4.37. The molecule has 2 bridgehead atoms. The van der Waals surface area contributed by atoms with Crippen molar-refractivity contribution in [1.82, 2.24) is 4.90 Å². The molecule has 0 heterocycles. The van der Waals surface area contributed by atoms with Crippen LogP contribution in [0.2, 0.25) is 0 Å². The molecule has 2 heteroatoms.